The molecule has 7 nitrogen and oxygen atoms in total. The minimum absolute atomic E-state index is 0.0492. The molecule has 0 atom stereocenters. The van der Waals surface area contributed by atoms with Crippen LogP contribution in [0.15, 0.2) is 47.4 Å². The fourth-order valence-electron chi connectivity index (χ4n) is 3.90. The Kier molecular flexibility index (Phi) is 7.23. The molecular weight excluding hydrogens is 416 g/mol. The van der Waals surface area contributed by atoms with E-state index in [1.807, 2.05) is 31.2 Å². The molecule has 2 aromatic carbocycles. The quantitative estimate of drug-likeness (QED) is 0.653. The maximum absolute atomic E-state index is 13.0. The highest BCUT2D eigenvalue weighted by Gasteiger charge is 2.33. The summed E-state index contributed by atoms with van der Waals surface area (Å²) < 4.78 is 37.9. The van der Waals surface area contributed by atoms with Gasteiger partial charge in [0.15, 0.2) is 0 Å². The first kappa shape index (κ1) is 23.1. The summed E-state index contributed by atoms with van der Waals surface area (Å²) in [5.74, 6) is 1.31. The Labute approximate surface area is 184 Å². The summed E-state index contributed by atoms with van der Waals surface area (Å²) in [5, 5.41) is 0. The minimum atomic E-state index is -3.59. The lowest BCUT2D eigenvalue weighted by Gasteiger charge is -2.32. The zero-order valence-electron chi connectivity index (χ0n) is 18.5. The first-order chi connectivity index (χ1) is 14.8. The molecule has 0 bridgehead atoms. The number of piperidine rings is 1. The van der Waals surface area contributed by atoms with E-state index in [4.69, 9.17) is 9.47 Å². The number of carbonyl (C=O) groups excluding carboxylic acids is 1. The maximum atomic E-state index is 13.0. The number of amides is 1. The van der Waals surface area contributed by atoms with Crippen molar-refractivity contribution in [2.75, 3.05) is 34.4 Å². The number of sulfonamides is 1. The number of hydrogen-bond donors (Lipinski definition) is 0. The van der Waals surface area contributed by atoms with E-state index in [2.05, 4.69) is 0 Å². The SMILES string of the molecule is COc1ccc(CN(C)C(=O)C2CCN(S(=O)(=O)c3ccc(OC)c(C)c3)CC2)cc1. The van der Waals surface area contributed by atoms with Gasteiger partial charge in [-0.15, -0.1) is 0 Å². The van der Waals surface area contributed by atoms with Crippen molar-refractivity contribution in [1.29, 1.82) is 0 Å². The summed E-state index contributed by atoms with van der Waals surface area (Å²) >= 11 is 0. The molecule has 1 amide bonds. The van der Waals surface area contributed by atoms with Gasteiger partial charge in [-0.3, -0.25) is 4.79 Å². The Morgan fingerprint density at radius 2 is 1.71 bits per heavy atom. The molecule has 1 heterocycles. The second-order valence-corrected chi connectivity index (χ2v) is 9.79. The van der Waals surface area contributed by atoms with Gasteiger partial charge in [0.25, 0.3) is 0 Å². The van der Waals surface area contributed by atoms with Crippen LogP contribution in [-0.4, -0.2) is 57.9 Å². The fraction of sp³-hybridized carbons (Fsp3) is 0.435. The van der Waals surface area contributed by atoms with E-state index in [0.717, 1.165) is 16.9 Å². The van der Waals surface area contributed by atoms with Gasteiger partial charge in [0.05, 0.1) is 19.1 Å². The number of hydrogen-bond acceptors (Lipinski definition) is 5. The number of benzene rings is 2. The van der Waals surface area contributed by atoms with Crippen molar-refractivity contribution in [3.05, 3.63) is 53.6 Å². The Bertz CT molecular complexity index is 1010. The molecule has 1 saturated heterocycles. The molecule has 168 valence electrons. The van der Waals surface area contributed by atoms with Gasteiger partial charge >= 0.3 is 0 Å². The second kappa shape index (κ2) is 9.70. The van der Waals surface area contributed by atoms with Crippen molar-refractivity contribution in [1.82, 2.24) is 9.21 Å². The van der Waals surface area contributed by atoms with Crippen molar-refractivity contribution in [3.8, 4) is 11.5 Å². The minimum Gasteiger partial charge on any atom is -0.497 e. The normalized spacial score (nSPS) is 15.5. The van der Waals surface area contributed by atoms with Crippen molar-refractivity contribution >= 4 is 15.9 Å². The van der Waals surface area contributed by atoms with Crippen molar-refractivity contribution in [2.45, 2.75) is 31.2 Å². The molecule has 1 fully saturated rings. The molecular formula is C23H30N2O5S. The summed E-state index contributed by atoms with van der Waals surface area (Å²) in [6, 6.07) is 12.5. The highest BCUT2D eigenvalue weighted by molar-refractivity contribution is 7.89. The van der Waals surface area contributed by atoms with Gasteiger partial charge in [0, 0.05) is 32.6 Å². The van der Waals surface area contributed by atoms with E-state index in [9.17, 15) is 13.2 Å². The first-order valence-corrected chi connectivity index (χ1v) is 11.7. The number of nitrogens with zero attached hydrogens (tertiary/aromatic N) is 2. The Morgan fingerprint density at radius 1 is 1.06 bits per heavy atom. The molecule has 31 heavy (non-hydrogen) atoms. The largest absolute Gasteiger partial charge is 0.497 e. The molecule has 0 spiro atoms. The Balaban J connectivity index is 1.60. The molecule has 3 rings (SSSR count). The highest BCUT2D eigenvalue weighted by atomic mass is 32.2. The van der Waals surface area contributed by atoms with Crippen molar-refractivity contribution < 1.29 is 22.7 Å². The zero-order chi connectivity index (χ0) is 22.6. The average Bonchev–Trinajstić information content (AvgIpc) is 2.79. The van der Waals surface area contributed by atoms with Gasteiger partial charge in [0.1, 0.15) is 11.5 Å². The molecule has 0 unspecified atom stereocenters. The predicted molar refractivity (Wildman–Crippen MR) is 119 cm³/mol. The van der Waals surface area contributed by atoms with Gasteiger partial charge in [-0.05, 0) is 61.2 Å². The standard InChI is InChI=1S/C23H30N2O5S/c1-17-15-21(9-10-22(17)30-4)31(27,28)25-13-11-19(12-14-25)23(26)24(2)16-18-5-7-20(29-3)8-6-18/h5-10,15,19H,11-14,16H2,1-4H3. The Hall–Kier alpha value is -2.58. The van der Waals surface area contributed by atoms with Crippen LogP contribution < -0.4 is 9.47 Å². The second-order valence-electron chi connectivity index (χ2n) is 7.85. The highest BCUT2D eigenvalue weighted by Crippen LogP contribution is 2.28. The molecule has 0 N–H and O–H groups in total. The van der Waals surface area contributed by atoms with Crippen LogP contribution >= 0.6 is 0 Å². The number of ether oxygens (including phenoxy) is 2. The average molecular weight is 447 g/mol. The monoisotopic (exact) mass is 446 g/mol. The van der Waals surface area contributed by atoms with Crippen LogP contribution in [0, 0.1) is 12.8 Å². The number of aryl methyl sites for hydroxylation is 1. The molecule has 0 aliphatic carbocycles. The molecule has 0 saturated carbocycles. The first-order valence-electron chi connectivity index (χ1n) is 10.3. The van der Waals surface area contributed by atoms with Crippen molar-refractivity contribution in [3.63, 3.8) is 0 Å². The predicted octanol–water partition coefficient (Wildman–Crippen LogP) is 3.07. The van der Waals surface area contributed by atoms with Crippen LogP contribution in [0.2, 0.25) is 0 Å². The summed E-state index contributed by atoms with van der Waals surface area (Å²) in [7, 11) is 1.37. The van der Waals surface area contributed by atoms with Crippen LogP contribution in [0.1, 0.15) is 24.0 Å². The lowest BCUT2D eigenvalue weighted by Crippen LogP contribution is -2.43. The Morgan fingerprint density at radius 3 is 2.26 bits per heavy atom. The zero-order valence-corrected chi connectivity index (χ0v) is 19.3. The molecule has 2 aromatic rings. The molecule has 8 heteroatoms. The van der Waals surface area contributed by atoms with Gasteiger partial charge in [-0.1, -0.05) is 12.1 Å². The van der Waals surface area contributed by atoms with Crippen LogP contribution in [0.5, 0.6) is 11.5 Å². The molecule has 1 aliphatic rings. The van der Waals surface area contributed by atoms with Gasteiger partial charge in [-0.2, -0.15) is 4.31 Å². The topological polar surface area (TPSA) is 76.2 Å². The lowest BCUT2D eigenvalue weighted by molar-refractivity contribution is -0.135. The number of methoxy groups -OCH3 is 2. The van der Waals surface area contributed by atoms with E-state index in [1.54, 1.807) is 44.4 Å². The van der Waals surface area contributed by atoms with E-state index >= 15 is 0 Å². The number of rotatable bonds is 7. The summed E-state index contributed by atoms with van der Waals surface area (Å²) in [6.07, 6.45) is 1.03. The van der Waals surface area contributed by atoms with Gasteiger partial charge in [-0.25, -0.2) is 8.42 Å². The molecule has 0 aromatic heterocycles. The molecule has 0 radical (unpaired) electrons. The summed E-state index contributed by atoms with van der Waals surface area (Å²) in [4.78, 5) is 14.9. The van der Waals surface area contributed by atoms with E-state index in [0.29, 0.717) is 38.2 Å². The number of carbonyl (C=O) groups is 1. The third-order valence-corrected chi connectivity index (χ3v) is 7.66. The van der Waals surface area contributed by atoms with Crippen LogP contribution in [-0.2, 0) is 21.4 Å². The third kappa shape index (κ3) is 5.19. The van der Waals surface area contributed by atoms with E-state index in [-0.39, 0.29) is 16.7 Å². The third-order valence-electron chi connectivity index (χ3n) is 5.76. The van der Waals surface area contributed by atoms with E-state index < -0.39 is 10.0 Å². The lowest BCUT2D eigenvalue weighted by atomic mass is 9.96. The van der Waals surface area contributed by atoms with Crippen LogP contribution in [0.3, 0.4) is 0 Å². The van der Waals surface area contributed by atoms with Gasteiger partial charge in [0.2, 0.25) is 15.9 Å². The van der Waals surface area contributed by atoms with Gasteiger partial charge < -0.3 is 14.4 Å². The van der Waals surface area contributed by atoms with Crippen molar-refractivity contribution in [2.24, 2.45) is 5.92 Å². The maximum Gasteiger partial charge on any atom is 0.243 e. The fourth-order valence-corrected chi connectivity index (χ4v) is 5.45. The molecule has 1 aliphatic heterocycles. The summed E-state index contributed by atoms with van der Waals surface area (Å²) in [5.41, 5.74) is 1.79. The van der Waals surface area contributed by atoms with Crippen LogP contribution in [0.25, 0.3) is 0 Å². The summed E-state index contributed by atoms with van der Waals surface area (Å²) in [6.45, 7) is 2.99. The van der Waals surface area contributed by atoms with Crippen LogP contribution in [0.4, 0.5) is 0 Å². The smallest absolute Gasteiger partial charge is 0.243 e. The van der Waals surface area contributed by atoms with E-state index in [1.165, 1.54) is 4.31 Å².